The Balaban J connectivity index is 1.61. The molecule has 0 aliphatic heterocycles. The zero-order valence-corrected chi connectivity index (χ0v) is 16.5. The standard InChI is InChI=1S/C20H19ClN4O2S/c21-15-8-4-5-9-16(15)28-13-11-18(26)24-19(14-6-2-1-3-7-14)20(27)23-17-10-12-22-25-17/h1-10,12,19H,11,13H2,(H,24,26)(H2,22,23,25,27). The number of halogens is 1. The van der Waals surface area contributed by atoms with E-state index in [-0.39, 0.29) is 18.2 Å². The molecule has 0 aliphatic carbocycles. The maximum absolute atomic E-state index is 12.7. The van der Waals surface area contributed by atoms with E-state index in [0.717, 1.165) is 4.90 Å². The van der Waals surface area contributed by atoms with Crippen LogP contribution in [0, 0.1) is 0 Å². The molecule has 3 N–H and O–H groups in total. The first kappa shape index (κ1) is 20.0. The molecule has 1 aromatic heterocycles. The number of carbonyl (C=O) groups excluding carboxylic acids is 2. The van der Waals surface area contributed by atoms with E-state index in [4.69, 9.17) is 11.6 Å². The van der Waals surface area contributed by atoms with Crippen LogP contribution in [-0.4, -0.2) is 27.8 Å². The summed E-state index contributed by atoms with van der Waals surface area (Å²) in [6.07, 6.45) is 1.80. The van der Waals surface area contributed by atoms with E-state index in [9.17, 15) is 9.59 Å². The van der Waals surface area contributed by atoms with Gasteiger partial charge in [0.25, 0.3) is 5.91 Å². The van der Waals surface area contributed by atoms with Gasteiger partial charge < -0.3 is 10.6 Å². The number of benzene rings is 2. The summed E-state index contributed by atoms with van der Waals surface area (Å²) in [6.45, 7) is 0. The van der Waals surface area contributed by atoms with Crippen molar-refractivity contribution in [1.82, 2.24) is 15.5 Å². The quantitative estimate of drug-likeness (QED) is 0.485. The van der Waals surface area contributed by atoms with E-state index in [1.165, 1.54) is 18.0 Å². The molecule has 0 bridgehead atoms. The molecule has 144 valence electrons. The Bertz CT molecular complexity index is 919. The van der Waals surface area contributed by atoms with Crippen LogP contribution in [-0.2, 0) is 9.59 Å². The van der Waals surface area contributed by atoms with Gasteiger partial charge in [-0.3, -0.25) is 14.7 Å². The SMILES string of the molecule is O=C(CCSc1ccccc1Cl)NC(C(=O)Nc1ccn[nH]1)c1ccccc1. The number of thioether (sulfide) groups is 1. The number of aromatic amines is 1. The molecule has 0 saturated carbocycles. The van der Waals surface area contributed by atoms with Crippen LogP contribution in [0.2, 0.25) is 5.02 Å². The molecular formula is C20H19ClN4O2S. The minimum atomic E-state index is -0.803. The minimum Gasteiger partial charge on any atom is -0.340 e. The van der Waals surface area contributed by atoms with Crippen LogP contribution in [0.15, 0.2) is 71.8 Å². The average molecular weight is 415 g/mol. The predicted molar refractivity (Wildman–Crippen MR) is 111 cm³/mol. The second-order valence-electron chi connectivity index (χ2n) is 5.90. The Morgan fingerprint density at radius 2 is 1.82 bits per heavy atom. The fourth-order valence-electron chi connectivity index (χ4n) is 2.52. The lowest BCUT2D eigenvalue weighted by Crippen LogP contribution is -2.37. The summed E-state index contributed by atoms with van der Waals surface area (Å²) in [5, 5.41) is 12.7. The first-order valence-corrected chi connectivity index (χ1v) is 10.0. The number of anilines is 1. The molecule has 3 aromatic rings. The Morgan fingerprint density at radius 3 is 2.54 bits per heavy atom. The van der Waals surface area contributed by atoms with Crippen molar-refractivity contribution in [2.45, 2.75) is 17.4 Å². The number of nitrogens with zero attached hydrogens (tertiary/aromatic N) is 1. The van der Waals surface area contributed by atoms with Gasteiger partial charge in [-0.15, -0.1) is 11.8 Å². The largest absolute Gasteiger partial charge is 0.340 e. The first-order chi connectivity index (χ1) is 13.6. The lowest BCUT2D eigenvalue weighted by atomic mass is 10.1. The van der Waals surface area contributed by atoms with Crippen molar-refractivity contribution < 1.29 is 9.59 Å². The molecule has 1 unspecified atom stereocenters. The van der Waals surface area contributed by atoms with Crippen molar-refractivity contribution in [3.05, 3.63) is 77.4 Å². The number of rotatable bonds is 8. The number of amides is 2. The van der Waals surface area contributed by atoms with Crippen LogP contribution in [0.3, 0.4) is 0 Å². The fraction of sp³-hybridized carbons (Fsp3) is 0.150. The second-order valence-corrected chi connectivity index (χ2v) is 7.44. The van der Waals surface area contributed by atoms with Crippen LogP contribution in [0.25, 0.3) is 0 Å². The summed E-state index contributed by atoms with van der Waals surface area (Å²) in [5.41, 5.74) is 0.701. The van der Waals surface area contributed by atoms with Gasteiger partial charge in [0.05, 0.1) is 11.2 Å². The molecule has 0 spiro atoms. The van der Waals surface area contributed by atoms with Gasteiger partial charge in [0, 0.05) is 23.1 Å². The number of hydrogen-bond donors (Lipinski definition) is 3. The van der Waals surface area contributed by atoms with E-state index in [1.807, 2.05) is 42.5 Å². The fourth-order valence-corrected chi connectivity index (χ4v) is 3.71. The van der Waals surface area contributed by atoms with Crippen LogP contribution >= 0.6 is 23.4 Å². The molecule has 1 heterocycles. The molecule has 28 heavy (non-hydrogen) atoms. The van der Waals surface area contributed by atoms with E-state index in [0.29, 0.717) is 22.2 Å². The molecule has 0 aliphatic rings. The van der Waals surface area contributed by atoms with Gasteiger partial charge in [-0.2, -0.15) is 5.10 Å². The summed E-state index contributed by atoms with van der Waals surface area (Å²) >= 11 is 7.63. The Hall–Kier alpha value is -2.77. The number of H-pyrrole nitrogens is 1. The van der Waals surface area contributed by atoms with Gasteiger partial charge in [0.2, 0.25) is 5.91 Å². The zero-order chi connectivity index (χ0) is 19.8. The molecule has 1 atom stereocenters. The molecule has 0 radical (unpaired) electrons. The van der Waals surface area contributed by atoms with Crippen LogP contribution in [0.1, 0.15) is 18.0 Å². The smallest absolute Gasteiger partial charge is 0.252 e. The Morgan fingerprint density at radius 1 is 1.07 bits per heavy atom. The molecule has 3 rings (SSSR count). The van der Waals surface area contributed by atoms with Crippen molar-refractivity contribution >= 4 is 41.0 Å². The lowest BCUT2D eigenvalue weighted by Gasteiger charge is -2.18. The van der Waals surface area contributed by atoms with E-state index in [2.05, 4.69) is 20.8 Å². The third kappa shape index (κ3) is 5.61. The Labute approximate surface area is 172 Å². The van der Waals surface area contributed by atoms with Crippen LogP contribution in [0.5, 0.6) is 0 Å². The molecule has 8 heteroatoms. The van der Waals surface area contributed by atoms with Gasteiger partial charge in [-0.25, -0.2) is 0 Å². The van der Waals surface area contributed by atoms with Crippen molar-refractivity contribution in [3.63, 3.8) is 0 Å². The molecular weight excluding hydrogens is 396 g/mol. The lowest BCUT2D eigenvalue weighted by molar-refractivity contribution is -0.126. The molecule has 0 fully saturated rings. The number of carbonyl (C=O) groups is 2. The monoisotopic (exact) mass is 414 g/mol. The highest BCUT2D eigenvalue weighted by atomic mass is 35.5. The minimum absolute atomic E-state index is 0.215. The topological polar surface area (TPSA) is 86.9 Å². The van der Waals surface area contributed by atoms with E-state index in [1.54, 1.807) is 18.2 Å². The molecule has 0 saturated heterocycles. The van der Waals surface area contributed by atoms with Gasteiger partial charge in [0.1, 0.15) is 11.9 Å². The summed E-state index contributed by atoms with van der Waals surface area (Å²) < 4.78 is 0. The number of aromatic nitrogens is 2. The maximum atomic E-state index is 12.7. The van der Waals surface area contributed by atoms with Crippen molar-refractivity contribution in [2.24, 2.45) is 0 Å². The molecule has 2 aromatic carbocycles. The third-order valence-corrected chi connectivity index (χ3v) is 5.40. The highest BCUT2D eigenvalue weighted by Crippen LogP contribution is 2.27. The van der Waals surface area contributed by atoms with E-state index < -0.39 is 6.04 Å². The van der Waals surface area contributed by atoms with E-state index >= 15 is 0 Å². The molecule has 2 amide bonds. The van der Waals surface area contributed by atoms with Crippen LogP contribution in [0.4, 0.5) is 5.82 Å². The number of hydrogen-bond acceptors (Lipinski definition) is 4. The highest BCUT2D eigenvalue weighted by Gasteiger charge is 2.23. The average Bonchev–Trinajstić information content (AvgIpc) is 3.21. The van der Waals surface area contributed by atoms with Gasteiger partial charge in [-0.1, -0.05) is 54.1 Å². The first-order valence-electron chi connectivity index (χ1n) is 8.65. The predicted octanol–water partition coefficient (Wildman–Crippen LogP) is 4.04. The van der Waals surface area contributed by atoms with Crippen LogP contribution < -0.4 is 10.6 Å². The number of nitrogens with one attached hydrogen (secondary N) is 3. The Kier molecular flexibility index (Phi) is 7.11. The normalized spacial score (nSPS) is 11.6. The van der Waals surface area contributed by atoms with Gasteiger partial charge in [0.15, 0.2) is 0 Å². The van der Waals surface area contributed by atoms with Gasteiger partial charge >= 0.3 is 0 Å². The second kappa shape index (κ2) is 9.96. The highest BCUT2D eigenvalue weighted by molar-refractivity contribution is 7.99. The summed E-state index contributed by atoms with van der Waals surface area (Å²) in [6, 6.07) is 17.4. The van der Waals surface area contributed by atoms with Crippen molar-refractivity contribution in [3.8, 4) is 0 Å². The third-order valence-electron chi connectivity index (χ3n) is 3.88. The zero-order valence-electron chi connectivity index (χ0n) is 14.9. The maximum Gasteiger partial charge on any atom is 0.252 e. The van der Waals surface area contributed by atoms with Crippen molar-refractivity contribution in [2.75, 3.05) is 11.1 Å². The van der Waals surface area contributed by atoms with Crippen molar-refractivity contribution in [1.29, 1.82) is 0 Å². The summed E-state index contributed by atoms with van der Waals surface area (Å²) in [7, 11) is 0. The van der Waals surface area contributed by atoms with Gasteiger partial charge in [-0.05, 0) is 17.7 Å². The summed E-state index contributed by atoms with van der Waals surface area (Å²) in [4.78, 5) is 26.1. The summed E-state index contributed by atoms with van der Waals surface area (Å²) in [5.74, 6) is 0.462. The molecule has 6 nitrogen and oxygen atoms in total.